The maximum absolute atomic E-state index is 12.4. The first-order valence-electron chi connectivity index (χ1n) is 5.96. The molecule has 1 saturated carbocycles. The first kappa shape index (κ1) is 13.2. The molecule has 0 aromatic heterocycles. The second-order valence-corrected chi connectivity index (χ2v) is 4.64. The molecule has 5 nitrogen and oxygen atoms in total. The van der Waals surface area contributed by atoms with E-state index in [0.717, 1.165) is 17.7 Å². The lowest BCUT2D eigenvalue weighted by atomic mass is 10.2. The number of nitrogens with zero attached hydrogens (tertiary/aromatic N) is 1. The van der Waals surface area contributed by atoms with E-state index in [1.807, 2.05) is 0 Å². The lowest BCUT2D eigenvalue weighted by Crippen LogP contribution is -2.43. The molecule has 1 saturated heterocycles. The number of alkyl halides is 2. The minimum atomic E-state index is -2.58. The van der Waals surface area contributed by atoms with Crippen LogP contribution in [0.1, 0.15) is 25.7 Å². The van der Waals surface area contributed by atoms with Gasteiger partial charge in [0.25, 0.3) is 12.3 Å². The van der Waals surface area contributed by atoms with Crippen molar-refractivity contribution in [1.82, 2.24) is 4.90 Å². The lowest BCUT2D eigenvalue weighted by molar-refractivity contribution is -0.155. The van der Waals surface area contributed by atoms with E-state index in [-0.39, 0.29) is 18.9 Å². The van der Waals surface area contributed by atoms with Gasteiger partial charge in [-0.15, -0.1) is 0 Å². The summed E-state index contributed by atoms with van der Waals surface area (Å²) >= 11 is 0. The predicted molar refractivity (Wildman–Crippen MR) is 56.3 cm³/mol. The Bertz CT molecular complexity index is 346. The summed E-state index contributed by atoms with van der Waals surface area (Å²) in [6.07, 6.45) is -2.47. The first-order valence-corrected chi connectivity index (χ1v) is 5.96. The van der Waals surface area contributed by atoms with Gasteiger partial charge in [-0.05, 0) is 25.7 Å². The highest BCUT2D eigenvalue weighted by Gasteiger charge is 2.41. The number of halogens is 2. The quantitative estimate of drug-likeness (QED) is 0.799. The van der Waals surface area contributed by atoms with Gasteiger partial charge in [-0.3, -0.25) is 4.79 Å². The average molecular weight is 263 g/mol. The van der Waals surface area contributed by atoms with Crippen molar-refractivity contribution >= 4 is 11.9 Å². The molecule has 7 heteroatoms. The van der Waals surface area contributed by atoms with Crippen LogP contribution in [0.5, 0.6) is 0 Å². The molecule has 18 heavy (non-hydrogen) atoms. The Morgan fingerprint density at radius 1 is 1.22 bits per heavy atom. The number of aliphatic carboxylic acids is 1. The van der Waals surface area contributed by atoms with Crippen LogP contribution >= 0.6 is 0 Å². The Balaban J connectivity index is 1.94. The number of carbonyl (C=O) groups excluding carboxylic acids is 1. The SMILES string of the molecule is O=C(O)[C@H]1CC[C@@H](C(=O)N(CC(F)F)C2CC2)O1. The Hall–Kier alpha value is -1.24. The van der Waals surface area contributed by atoms with E-state index in [9.17, 15) is 18.4 Å². The van der Waals surface area contributed by atoms with E-state index in [1.54, 1.807) is 0 Å². The Labute approximate surface area is 103 Å². The van der Waals surface area contributed by atoms with E-state index in [1.165, 1.54) is 0 Å². The smallest absolute Gasteiger partial charge is 0.332 e. The summed E-state index contributed by atoms with van der Waals surface area (Å²) in [5.41, 5.74) is 0. The van der Waals surface area contributed by atoms with Crippen LogP contribution in [-0.4, -0.2) is 53.1 Å². The number of hydrogen-bond acceptors (Lipinski definition) is 3. The minimum absolute atomic E-state index is 0.126. The molecule has 0 aromatic rings. The van der Waals surface area contributed by atoms with Gasteiger partial charge in [-0.1, -0.05) is 0 Å². The van der Waals surface area contributed by atoms with Gasteiger partial charge in [0.05, 0.1) is 6.54 Å². The number of carboxylic acid groups (broad SMARTS) is 1. The Kier molecular flexibility index (Phi) is 3.79. The molecule has 102 valence electrons. The number of ether oxygens (including phenoxy) is 1. The zero-order valence-electron chi connectivity index (χ0n) is 9.72. The molecule has 2 fully saturated rings. The zero-order chi connectivity index (χ0) is 13.3. The summed E-state index contributed by atoms with van der Waals surface area (Å²) in [7, 11) is 0. The van der Waals surface area contributed by atoms with Crippen molar-refractivity contribution in [2.75, 3.05) is 6.54 Å². The standard InChI is InChI=1S/C11H15F2NO4/c12-9(13)5-14(6-1-2-6)10(15)7-3-4-8(18-7)11(16)17/h6-9H,1-5H2,(H,16,17)/t7-,8+/m0/s1. The Morgan fingerprint density at radius 3 is 2.28 bits per heavy atom. The minimum Gasteiger partial charge on any atom is -0.479 e. The van der Waals surface area contributed by atoms with E-state index in [4.69, 9.17) is 9.84 Å². The van der Waals surface area contributed by atoms with Crippen LogP contribution in [0, 0.1) is 0 Å². The molecule has 0 unspecified atom stereocenters. The van der Waals surface area contributed by atoms with E-state index in [2.05, 4.69) is 0 Å². The number of hydrogen-bond donors (Lipinski definition) is 1. The second kappa shape index (κ2) is 5.17. The maximum atomic E-state index is 12.4. The fourth-order valence-electron chi connectivity index (χ4n) is 2.14. The summed E-state index contributed by atoms with van der Waals surface area (Å²) in [5, 5.41) is 8.75. The largest absolute Gasteiger partial charge is 0.479 e. The third-order valence-corrected chi connectivity index (χ3v) is 3.18. The van der Waals surface area contributed by atoms with Gasteiger partial charge in [0.1, 0.15) is 6.10 Å². The van der Waals surface area contributed by atoms with Gasteiger partial charge in [0.15, 0.2) is 6.10 Å². The summed E-state index contributed by atoms with van der Waals surface area (Å²) in [4.78, 5) is 23.8. The van der Waals surface area contributed by atoms with Crippen molar-refractivity contribution < 1.29 is 28.2 Å². The van der Waals surface area contributed by atoms with Gasteiger partial charge in [-0.25, -0.2) is 13.6 Å². The van der Waals surface area contributed by atoms with Crippen LogP contribution in [0.25, 0.3) is 0 Å². The number of carbonyl (C=O) groups is 2. The normalized spacial score (nSPS) is 27.5. The molecule has 1 heterocycles. The van der Waals surface area contributed by atoms with Crippen LogP contribution in [0.15, 0.2) is 0 Å². The van der Waals surface area contributed by atoms with Crippen LogP contribution in [0.2, 0.25) is 0 Å². The molecule has 1 amide bonds. The van der Waals surface area contributed by atoms with Crippen molar-refractivity contribution in [2.45, 2.75) is 50.4 Å². The van der Waals surface area contributed by atoms with Crippen LogP contribution in [-0.2, 0) is 14.3 Å². The topological polar surface area (TPSA) is 66.8 Å². The summed E-state index contributed by atoms with van der Waals surface area (Å²) in [5.74, 6) is -1.61. The highest BCUT2D eigenvalue weighted by Crippen LogP contribution is 2.30. The molecule has 1 aliphatic heterocycles. The highest BCUT2D eigenvalue weighted by molar-refractivity contribution is 5.83. The lowest BCUT2D eigenvalue weighted by Gasteiger charge is -2.24. The molecule has 1 aliphatic carbocycles. The third kappa shape index (κ3) is 2.95. The number of amides is 1. The molecule has 0 spiro atoms. The van der Waals surface area contributed by atoms with Crippen molar-refractivity contribution in [2.24, 2.45) is 0 Å². The number of carboxylic acids is 1. The zero-order valence-corrected chi connectivity index (χ0v) is 9.72. The molecule has 0 bridgehead atoms. The highest BCUT2D eigenvalue weighted by atomic mass is 19.3. The van der Waals surface area contributed by atoms with Crippen molar-refractivity contribution in [3.8, 4) is 0 Å². The van der Waals surface area contributed by atoms with Crippen molar-refractivity contribution in [3.05, 3.63) is 0 Å². The molecule has 1 N–H and O–H groups in total. The maximum Gasteiger partial charge on any atom is 0.332 e. The second-order valence-electron chi connectivity index (χ2n) is 4.64. The van der Waals surface area contributed by atoms with Crippen molar-refractivity contribution in [1.29, 1.82) is 0 Å². The molecule has 2 aliphatic rings. The van der Waals surface area contributed by atoms with Gasteiger partial charge < -0.3 is 14.7 Å². The summed E-state index contributed by atoms with van der Waals surface area (Å²) in [6.45, 7) is -0.596. The predicted octanol–water partition coefficient (Wildman–Crippen LogP) is 0.875. The average Bonchev–Trinajstić information content (AvgIpc) is 3.00. The summed E-state index contributed by atoms with van der Waals surface area (Å²) < 4.78 is 29.9. The molecular weight excluding hydrogens is 248 g/mol. The third-order valence-electron chi connectivity index (χ3n) is 3.18. The van der Waals surface area contributed by atoms with Gasteiger partial charge in [0, 0.05) is 6.04 Å². The van der Waals surface area contributed by atoms with E-state index in [0.29, 0.717) is 0 Å². The van der Waals surface area contributed by atoms with E-state index < -0.39 is 37.1 Å². The number of rotatable bonds is 5. The van der Waals surface area contributed by atoms with Gasteiger partial charge in [-0.2, -0.15) is 0 Å². The van der Waals surface area contributed by atoms with E-state index >= 15 is 0 Å². The molecule has 0 aromatic carbocycles. The summed E-state index contributed by atoms with van der Waals surface area (Å²) in [6, 6.07) is -0.126. The fourth-order valence-corrected chi connectivity index (χ4v) is 2.14. The molecule has 2 atom stereocenters. The molecule has 0 radical (unpaired) electrons. The molecular formula is C11H15F2NO4. The van der Waals surface area contributed by atoms with Crippen LogP contribution in [0.4, 0.5) is 8.78 Å². The van der Waals surface area contributed by atoms with Gasteiger partial charge >= 0.3 is 5.97 Å². The van der Waals surface area contributed by atoms with Crippen molar-refractivity contribution in [3.63, 3.8) is 0 Å². The van der Waals surface area contributed by atoms with Gasteiger partial charge in [0.2, 0.25) is 0 Å². The monoisotopic (exact) mass is 263 g/mol. The Morgan fingerprint density at radius 2 is 1.83 bits per heavy atom. The fraction of sp³-hybridized carbons (Fsp3) is 0.818. The van der Waals surface area contributed by atoms with Crippen LogP contribution in [0.3, 0.4) is 0 Å². The van der Waals surface area contributed by atoms with Crippen LogP contribution < -0.4 is 0 Å². The molecule has 2 rings (SSSR count). The first-order chi connectivity index (χ1) is 8.49.